The van der Waals surface area contributed by atoms with Crippen molar-refractivity contribution in [2.24, 2.45) is 0 Å². The zero-order valence-corrected chi connectivity index (χ0v) is 16.2. The van der Waals surface area contributed by atoms with Crippen LogP contribution < -0.4 is 9.64 Å². The van der Waals surface area contributed by atoms with Crippen molar-refractivity contribution in [3.05, 3.63) is 60.2 Å². The maximum atomic E-state index is 12.4. The first-order chi connectivity index (χ1) is 13.3. The molecule has 1 amide bonds. The first-order valence-electron chi connectivity index (χ1n) is 8.80. The van der Waals surface area contributed by atoms with E-state index >= 15 is 0 Å². The molecule has 1 fully saturated rings. The molecule has 148 valence electrons. The lowest BCUT2D eigenvalue weighted by Crippen LogP contribution is -2.26. The molecular weight excluding hydrogens is 382 g/mol. The zero-order valence-electron chi connectivity index (χ0n) is 15.4. The van der Waals surface area contributed by atoms with Crippen LogP contribution >= 0.6 is 0 Å². The summed E-state index contributed by atoms with van der Waals surface area (Å²) in [6, 6.07) is 15.7. The van der Waals surface area contributed by atoms with Gasteiger partial charge in [-0.1, -0.05) is 18.2 Å². The third-order valence-corrected chi connectivity index (χ3v) is 6.13. The Morgan fingerprint density at radius 2 is 1.75 bits per heavy atom. The molecule has 1 aliphatic heterocycles. The van der Waals surface area contributed by atoms with Crippen molar-refractivity contribution >= 4 is 27.4 Å². The summed E-state index contributed by atoms with van der Waals surface area (Å²) in [5.41, 5.74) is 1.27. The van der Waals surface area contributed by atoms with E-state index in [1.807, 2.05) is 6.07 Å². The summed E-state index contributed by atoms with van der Waals surface area (Å²) in [5.74, 6) is -0.384. The molecule has 0 N–H and O–H groups in total. The monoisotopic (exact) mass is 403 g/mol. The Morgan fingerprint density at radius 1 is 1.07 bits per heavy atom. The molecule has 0 bridgehead atoms. The van der Waals surface area contributed by atoms with Gasteiger partial charge < -0.3 is 14.4 Å². The average molecular weight is 403 g/mol. The maximum Gasteiger partial charge on any atom is 0.344 e. The van der Waals surface area contributed by atoms with Gasteiger partial charge in [0.15, 0.2) is 16.4 Å². The largest absolute Gasteiger partial charge is 0.482 e. The molecule has 8 heteroatoms. The van der Waals surface area contributed by atoms with Crippen LogP contribution in [0, 0.1) is 0 Å². The van der Waals surface area contributed by atoms with Crippen molar-refractivity contribution in [3.63, 3.8) is 0 Å². The highest BCUT2D eigenvalue weighted by molar-refractivity contribution is 7.91. The zero-order chi connectivity index (χ0) is 20.1. The van der Waals surface area contributed by atoms with Crippen molar-refractivity contribution < 1.29 is 27.5 Å². The molecule has 2 aromatic carbocycles. The number of ether oxygens (including phenoxy) is 2. The highest BCUT2D eigenvalue weighted by Gasteiger charge is 2.30. The molecule has 1 saturated heterocycles. The van der Waals surface area contributed by atoms with Crippen LogP contribution in [-0.2, 0) is 19.4 Å². The number of esters is 1. The molecule has 1 atom stereocenters. The number of nitrogens with zero attached hydrogens (tertiary/aromatic N) is 1. The number of hydrogen-bond acceptors (Lipinski definition) is 6. The van der Waals surface area contributed by atoms with Crippen LogP contribution in [0.5, 0.6) is 5.75 Å². The van der Waals surface area contributed by atoms with E-state index in [-0.39, 0.29) is 24.0 Å². The Hall–Kier alpha value is -2.87. The summed E-state index contributed by atoms with van der Waals surface area (Å²) in [4.78, 5) is 25.8. The number of anilines is 1. The third-order valence-electron chi connectivity index (χ3n) is 4.39. The highest BCUT2D eigenvalue weighted by atomic mass is 32.2. The van der Waals surface area contributed by atoms with Crippen molar-refractivity contribution in [3.8, 4) is 5.75 Å². The minimum absolute atomic E-state index is 0.0441. The molecule has 0 spiro atoms. The number of benzene rings is 2. The Balaban J connectivity index is 1.51. The fraction of sp³-hybridized carbons (Fsp3) is 0.300. The van der Waals surface area contributed by atoms with Gasteiger partial charge in [-0.15, -0.1) is 0 Å². The Bertz CT molecular complexity index is 940. The first-order valence-corrected chi connectivity index (χ1v) is 10.6. The number of rotatable bonds is 6. The van der Waals surface area contributed by atoms with Crippen molar-refractivity contribution in [2.75, 3.05) is 30.1 Å². The lowest BCUT2D eigenvalue weighted by Gasteiger charge is -2.18. The van der Waals surface area contributed by atoms with Gasteiger partial charge >= 0.3 is 5.97 Å². The second-order valence-corrected chi connectivity index (χ2v) is 8.76. The van der Waals surface area contributed by atoms with Gasteiger partial charge in [0.2, 0.25) is 0 Å². The summed E-state index contributed by atoms with van der Waals surface area (Å²) < 4.78 is 33.3. The van der Waals surface area contributed by atoms with E-state index in [2.05, 4.69) is 0 Å². The number of hydrogen-bond donors (Lipinski definition) is 0. The smallest absolute Gasteiger partial charge is 0.344 e. The van der Waals surface area contributed by atoms with Crippen LogP contribution in [0.25, 0.3) is 0 Å². The van der Waals surface area contributed by atoms with E-state index < -0.39 is 21.9 Å². The molecule has 7 nitrogen and oxygen atoms in total. The van der Waals surface area contributed by atoms with Gasteiger partial charge in [0.1, 0.15) is 11.9 Å². The quantitative estimate of drug-likeness (QED) is 0.686. The van der Waals surface area contributed by atoms with Gasteiger partial charge in [-0.3, -0.25) is 4.79 Å². The van der Waals surface area contributed by atoms with Crippen molar-refractivity contribution in [2.45, 2.75) is 12.5 Å². The van der Waals surface area contributed by atoms with Crippen molar-refractivity contribution in [1.29, 1.82) is 0 Å². The van der Waals surface area contributed by atoms with Crippen LogP contribution in [0.2, 0.25) is 0 Å². The summed E-state index contributed by atoms with van der Waals surface area (Å²) >= 11 is 0. The Morgan fingerprint density at radius 3 is 2.36 bits per heavy atom. The van der Waals surface area contributed by atoms with E-state index in [4.69, 9.17) is 9.47 Å². The molecule has 0 saturated carbocycles. The van der Waals surface area contributed by atoms with E-state index in [0.717, 1.165) is 0 Å². The number of sulfone groups is 1. The molecule has 1 aliphatic rings. The van der Waals surface area contributed by atoms with Crippen LogP contribution in [-0.4, -0.2) is 51.6 Å². The van der Waals surface area contributed by atoms with Gasteiger partial charge in [-0.25, -0.2) is 13.2 Å². The molecule has 0 radical (unpaired) electrons. The normalized spacial score (nSPS) is 17.7. The maximum absolute atomic E-state index is 12.4. The van der Waals surface area contributed by atoms with Gasteiger partial charge in [0.05, 0.1) is 11.5 Å². The molecule has 28 heavy (non-hydrogen) atoms. The lowest BCUT2D eigenvalue weighted by atomic mass is 10.2. The van der Waals surface area contributed by atoms with Crippen LogP contribution in [0.4, 0.5) is 5.69 Å². The fourth-order valence-electron chi connectivity index (χ4n) is 2.87. The summed E-state index contributed by atoms with van der Waals surface area (Å²) in [6.45, 7) is -0.311. The molecule has 1 unspecified atom stereocenters. The fourth-order valence-corrected chi connectivity index (χ4v) is 4.46. The Kier molecular flexibility index (Phi) is 5.99. The van der Waals surface area contributed by atoms with E-state index in [0.29, 0.717) is 23.4 Å². The summed E-state index contributed by atoms with van der Waals surface area (Å²) in [6.07, 6.45) is -0.272. The minimum atomic E-state index is -3.10. The molecule has 1 heterocycles. The van der Waals surface area contributed by atoms with Gasteiger partial charge in [0.25, 0.3) is 5.91 Å². The molecule has 2 aromatic rings. The number of carbonyl (C=O) groups is 2. The SMILES string of the molecule is CN(C(=O)c1ccccc1)c1ccc(OCC(=O)OC2CCS(=O)(=O)C2)cc1. The average Bonchev–Trinajstić information content (AvgIpc) is 3.04. The number of carbonyl (C=O) groups excluding carboxylic acids is 2. The van der Waals surface area contributed by atoms with Gasteiger partial charge in [-0.05, 0) is 42.8 Å². The van der Waals surface area contributed by atoms with Gasteiger partial charge in [0, 0.05) is 18.3 Å². The lowest BCUT2D eigenvalue weighted by molar-refractivity contribution is -0.150. The predicted molar refractivity (Wildman–Crippen MR) is 104 cm³/mol. The Labute approximate surface area is 163 Å². The van der Waals surface area contributed by atoms with Gasteiger partial charge in [-0.2, -0.15) is 0 Å². The molecular formula is C20H21NO6S. The second-order valence-electron chi connectivity index (χ2n) is 6.53. The highest BCUT2D eigenvalue weighted by Crippen LogP contribution is 2.20. The summed E-state index contributed by atoms with van der Waals surface area (Å²) in [7, 11) is -1.42. The van der Waals surface area contributed by atoms with Crippen LogP contribution in [0.1, 0.15) is 16.8 Å². The second kappa shape index (κ2) is 8.43. The van der Waals surface area contributed by atoms with Crippen LogP contribution in [0.3, 0.4) is 0 Å². The van der Waals surface area contributed by atoms with E-state index in [1.54, 1.807) is 55.6 Å². The predicted octanol–water partition coefficient (Wildman–Crippen LogP) is 2.07. The van der Waals surface area contributed by atoms with E-state index in [1.165, 1.54) is 4.90 Å². The standard InChI is InChI=1S/C20H21NO6S/c1-21(20(23)15-5-3-2-4-6-15)16-7-9-17(10-8-16)26-13-19(22)27-18-11-12-28(24,25)14-18/h2-10,18H,11-14H2,1H3. The van der Waals surface area contributed by atoms with Crippen molar-refractivity contribution in [1.82, 2.24) is 0 Å². The third kappa shape index (κ3) is 5.10. The first kappa shape index (κ1) is 19.9. The number of amides is 1. The summed E-state index contributed by atoms with van der Waals surface area (Å²) in [5, 5.41) is 0. The van der Waals surface area contributed by atoms with E-state index in [9.17, 15) is 18.0 Å². The molecule has 3 rings (SSSR count). The topological polar surface area (TPSA) is 90.0 Å². The molecule has 0 aliphatic carbocycles. The van der Waals surface area contributed by atoms with Crippen LogP contribution in [0.15, 0.2) is 54.6 Å². The minimum Gasteiger partial charge on any atom is -0.482 e. The molecule has 0 aromatic heterocycles.